The number of aromatic nitrogens is 3. The van der Waals surface area contributed by atoms with Gasteiger partial charge in [0.15, 0.2) is 0 Å². The van der Waals surface area contributed by atoms with Gasteiger partial charge in [0.2, 0.25) is 10.0 Å². The number of rotatable bonds is 3. The Morgan fingerprint density at radius 1 is 0.931 bits per heavy atom. The summed E-state index contributed by atoms with van der Waals surface area (Å²) in [6.45, 7) is 1.31. The molecule has 2 aliphatic heterocycles. The molecule has 2 bridgehead atoms. The van der Waals surface area contributed by atoms with Crippen LogP contribution in [0.15, 0.2) is 70.9 Å². The van der Waals surface area contributed by atoms with Gasteiger partial charge in [0, 0.05) is 60.8 Å². The molecule has 2 aromatic heterocycles. The number of benzene rings is 1. The minimum absolute atomic E-state index is 0.0466. The van der Waals surface area contributed by atoms with E-state index in [1.165, 1.54) is 6.33 Å². The highest BCUT2D eigenvalue weighted by Crippen LogP contribution is 2.40. The van der Waals surface area contributed by atoms with Gasteiger partial charge in [-0.15, -0.1) is 0 Å². The first-order chi connectivity index (χ1) is 14.0. The largest absolute Gasteiger partial charge is 0.311 e. The van der Waals surface area contributed by atoms with E-state index in [4.69, 9.17) is 0 Å². The number of fused-ring (bicyclic) bond motifs is 4. The molecule has 1 fully saturated rings. The highest BCUT2D eigenvalue weighted by atomic mass is 32.2. The first-order valence-electron chi connectivity index (χ1n) is 9.58. The van der Waals surface area contributed by atoms with Gasteiger partial charge in [-0.3, -0.25) is 4.79 Å². The molecule has 7 nitrogen and oxygen atoms in total. The van der Waals surface area contributed by atoms with Crippen molar-refractivity contribution in [3.8, 4) is 11.1 Å². The molecule has 1 aromatic carbocycles. The quantitative estimate of drug-likeness (QED) is 0.663. The third-order valence-corrected chi connectivity index (χ3v) is 7.65. The second-order valence-electron chi connectivity index (χ2n) is 7.64. The molecule has 8 heteroatoms. The summed E-state index contributed by atoms with van der Waals surface area (Å²) in [7, 11) is -3.57. The van der Waals surface area contributed by atoms with E-state index in [1.807, 2.05) is 4.57 Å². The fourth-order valence-electron chi connectivity index (χ4n) is 4.59. The Kier molecular flexibility index (Phi) is 4.33. The predicted molar refractivity (Wildman–Crippen MR) is 108 cm³/mol. The summed E-state index contributed by atoms with van der Waals surface area (Å²) in [5.74, 6) is 0.0600. The van der Waals surface area contributed by atoms with Crippen molar-refractivity contribution >= 4 is 10.0 Å². The van der Waals surface area contributed by atoms with Crippen LogP contribution in [0.2, 0.25) is 0 Å². The van der Waals surface area contributed by atoms with E-state index in [0.717, 1.165) is 23.2 Å². The number of hydrogen-bond acceptors (Lipinski definition) is 5. The van der Waals surface area contributed by atoms with Crippen molar-refractivity contribution < 1.29 is 8.42 Å². The zero-order valence-electron chi connectivity index (χ0n) is 15.7. The maximum Gasteiger partial charge on any atom is 0.250 e. The zero-order valence-corrected chi connectivity index (χ0v) is 16.5. The monoisotopic (exact) mass is 408 g/mol. The number of hydrogen-bond donors (Lipinski definition) is 0. The second-order valence-corrected chi connectivity index (χ2v) is 9.58. The molecule has 29 heavy (non-hydrogen) atoms. The first kappa shape index (κ1) is 18.2. The van der Waals surface area contributed by atoms with Crippen molar-refractivity contribution in [2.75, 3.05) is 13.1 Å². The summed E-state index contributed by atoms with van der Waals surface area (Å²) in [6.07, 6.45) is 5.78. The van der Waals surface area contributed by atoms with Gasteiger partial charge in [-0.2, -0.15) is 4.31 Å². The summed E-state index contributed by atoms with van der Waals surface area (Å²) in [4.78, 5) is 21.1. The van der Waals surface area contributed by atoms with Crippen LogP contribution in [0.1, 0.15) is 18.0 Å². The van der Waals surface area contributed by atoms with E-state index in [-0.39, 0.29) is 17.4 Å². The Hall–Kier alpha value is -2.84. The fraction of sp³-hybridized carbons (Fsp3) is 0.286. The Morgan fingerprint density at radius 2 is 1.69 bits per heavy atom. The highest BCUT2D eigenvalue weighted by molar-refractivity contribution is 7.89. The third kappa shape index (κ3) is 3.08. The van der Waals surface area contributed by atoms with Gasteiger partial charge in [0.25, 0.3) is 5.56 Å². The molecule has 0 spiro atoms. The Balaban J connectivity index is 1.59. The van der Waals surface area contributed by atoms with E-state index in [2.05, 4.69) is 9.97 Å². The van der Waals surface area contributed by atoms with E-state index in [0.29, 0.717) is 24.5 Å². The van der Waals surface area contributed by atoms with Crippen LogP contribution in [-0.2, 0) is 16.6 Å². The molecule has 0 aliphatic carbocycles. The van der Waals surface area contributed by atoms with Crippen molar-refractivity contribution in [3.63, 3.8) is 0 Å². The minimum atomic E-state index is -3.57. The molecular weight excluding hydrogens is 388 g/mol. The number of sulfonamides is 1. The maximum absolute atomic E-state index is 13.2. The predicted octanol–water partition coefficient (Wildman–Crippen LogP) is 2.11. The molecule has 0 saturated carbocycles. The second kappa shape index (κ2) is 6.89. The first-order valence-corrected chi connectivity index (χ1v) is 11.0. The molecule has 5 rings (SSSR count). The van der Waals surface area contributed by atoms with Crippen LogP contribution in [0.3, 0.4) is 0 Å². The lowest BCUT2D eigenvalue weighted by Crippen LogP contribution is -2.49. The molecule has 0 unspecified atom stereocenters. The van der Waals surface area contributed by atoms with Crippen LogP contribution in [0.25, 0.3) is 11.1 Å². The molecule has 0 N–H and O–H groups in total. The van der Waals surface area contributed by atoms with Gasteiger partial charge in [0.05, 0.1) is 4.90 Å². The summed E-state index contributed by atoms with van der Waals surface area (Å²) in [6, 6.07) is 11.9. The van der Waals surface area contributed by atoms with E-state index in [9.17, 15) is 13.2 Å². The standard InChI is InChI=1S/C21H20N4O3S/c26-20-7-6-19(17-9-22-14-23-10-17)21-16-8-15(12-25(20)21)11-24(13-16)29(27,28)18-4-2-1-3-5-18/h1-7,9-10,14-16H,8,11-13H2/t15-,16-/m1/s1. The SMILES string of the molecule is O=c1ccc(-c2cncnc2)c2n1C[C@@H]1C[C@@H]2CN(S(=O)(=O)c2ccccc2)C1. The molecule has 0 radical (unpaired) electrons. The topological polar surface area (TPSA) is 85.2 Å². The lowest BCUT2D eigenvalue weighted by atomic mass is 9.81. The number of nitrogens with zero attached hydrogens (tertiary/aromatic N) is 4. The Bertz CT molecular complexity index is 1210. The van der Waals surface area contributed by atoms with Crippen LogP contribution < -0.4 is 5.56 Å². The summed E-state index contributed by atoms with van der Waals surface area (Å²) in [5, 5.41) is 0. The van der Waals surface area contributed by atoms with E-state index < -0.39 is 10.0 Å². The van der Waals surface area contributed by atoms with Crippen molar-refractivity contribution in [3.05, 3.63) is 77.2 Å². The van der Waals surface area contributed by atoms with Crippen molar-refractivity contribution in [2.45, 2.75) is 23.8 Å². The lowest BCUT2D eigenvalue weighted by molar-refractivity contribution is 0.187. The van der Waals surface area contributed by atoms with Gasteiger partial charge < -0.3 is 4.57 Å². The zero-order chi connectivity index (χ0) is 20.0. The number of pyridine rings is 1. The molecule has 4 heterocycles. The van der Waals surface area contributed by atoms with Crippen LogP contribution in [0.5, 0.6) is 0 Å². The molecule has 2 atom stereocenters. The highest BCUT2D eigenvalue weighted by Gasteiger charge is 2.40. The van der Waals surface area contributed by atoms with Crippen LogP contribution in [0, 0.1) is 5.92 Å². The normalized spacial score (nSPS) is 21.5. The minimum Gasteiger partial charge on any atom is -0.311 e. The van der Waals surface area contributed by atoms with Crippen molar-refractivity contribution in [2.24, 2.45) is 5.92 Å². The van der Waals surface area contributed by atoms with Crippen LogP contribution >= 0.6 is 0 Å². The third-order valence-electron chi connectivity index (χ3n) is 5.81. The summed E-state index contributed by atoms with van der Waals surface area (Å²) < 4.78 is 29.8. The van der Waals surface area contributed by atoms with E-state index in [1.54, 1.807) is 59.2 Å². The molecule has 148 valence electrons. The van der Waals surface area contributed by atoms with Gasteiger partial charge in [-0.05, 0) is 30.5 Å². The molecule has 2 aliphatic rings. The molecule has 1 saturated heterocycles. The van der Waals surface area contributed by atoms with Gasteiger partial charge in [0.1, 0.15) is 6.33 Å². The van der Waals surface area contributed by atoms with Crippen LogP contribution in [0.4, 0.5) is 0 Å². The summed E-state index contributed by atoms with van der Waals surface area (Å²) in [5.41, 5.74) is 2.57. The molecule has 0 amide bonds. The van der Waals surface area contributed by atoms with Gasteiger partial charge in [-0.1, -0.05) is 18.2 Å². The lowest BCUT2D eigenvalue weighted by Gasteiger charge is -2.42. The van der Waals surface area contributed by atoms with Crippen molar-refractivity contribution in [1.29, 1.82) is 0 Å². The van der Waals surface area contributed by atoms with E-state index >= 15 is 0 Å². The average molecular weight is 408 g/mol. The smallest absolute Gasteiger partial charge is 0.250 e. The molecular formula is C21H20N4O3S. The number of piperidine rings is 1. The molecule has 3 aromatic rings. The Labute approximate surface area is 168 Å². The maximum atomic E-state index is 13.2. The average Bonchev–Trinajstić information content (AvgIpc) is 2.75. The van der Waals surface area contributed by atoms with Gasteiger partial charge in [-0.25, -0.2) is 18.4 Å². The fourth-order valence-corrected chi connectivity index (χ4v) is 6.17. The summed E-state index contributed by atoms with van der Waals surface area (Å²) >= 11 is 0. The Morgan fingerprint density at radius 3 is 2.45 bits per heavy atom. The van der Waals surface area contributed by atoms with Gasteiger partial charge >= 0.3 is 0 Å². The van der Waals surface area contributed by atoms with Crippen molar-refractivity contribution in [1.82, 2.24) is 18.8 Å². The van der Waals surface area contributed by atoms with Crippen LogP contribution in [-0.4, -0.2) is 40.3 Å².